The molecule has 6 nitrogen and oxygen atoms in total. The van der Waals surface area contributed by atoms with E-state index in [4.69, 9.17) is 4.74 Å². The topological polar surface area (TPSA) is 61.9 Å². The van der Waals surface area contributed by atoms with Gasteiger partial charge in [0.2, 0.25) is 10.0 Å². The highest BCUT2D eigenvalue weighted by atomic mass is 32.2. The molecule has 0 radical (unpaired) electrons. The SMILES string of the molecule is CCOc1ccc(S(=O)(=O)NCC(CC(C)C)N2CCN(C)CC2)cc1. The van der Waals surface area contributed by atoms with Gasteiger partial charge in [-0.3, -0.25) is 4.90 Å². The van der Waals surface area contributed by atoms with Gasteiger partial charge in [-0.05, 0) is 50.6 Å². The number of nitrogens with zero attached hydrogens (tertiary/aromatic N) is 2. The van der Waals surface area contributed by atoms with Crippen LogP contribution in [0, 0.1) is 5.92 Å². The van der Waals surface area contributed by atoms with E-state index in [2.05, 4.69) is 35.4 Å². The lowest BCUT2D eigenvalue weighted by molar-refractivity contribution is 0.102. The van der Waals surface area contributed by atoms with Crippen LogP contribution in [-0.2, 0) is 10.0 Å². The zero-order valence-electron chi connectivity index (χ0n) is 16.4. The monoisotopic (exact) mass is 383 g/mol. The Morgan fingerprint density at radius 3 is 2.27 bits per heavy atom. The van der Waals surface area contributed by atoms with Gasteiger partial charge in [0.05, 0.1) is 11.5 Å². The number of rotatable bonds is 9. The van der Waals surface area contributed by atoms with Gasteiger partial charge in [0.25, 0.3) is 0 Å². The van der Waals surface area contributed by atoms with E-state index in [0.29, 0.717) is 24.8 Å². The summed E-state index contributed by atoms with van der Waals surface area (Å²) in [4.78, 5) is 5.01. The van der Waals surface area contributed by atoms with Gasteiger partial charge in [-0.15, -0.1) is 0 Å². The standard InChI is InChI=1S/C19H33N3O3S/c1-5-25-18-6-8-19(9-7-18)26(23,24)20-15-17(14-16(2)3)22-12-10-21(4)11-13-22/h6-9,16-17,20H,5,10-15H2,1-4H3. The van der Waals surface area contributed by atoms with Gasteiger partial charge in [-0.25, -0.2) is 13.1 Å². The summed E-state index contributed by atoms with van der Waals surface area (Å²) >= 11 is 0. The van der Waals surface area contributed by atoms with Gasteiger partial charge in [-0.2, -0.15) is 0 Å². The van der Waals surface area contributed by atoms with Crippen molar-refractivity contribution >= 4 is 10.0 Å². The molecule has 2 rings (SSSR count). The van der Waals surface area contributed by atoms with E-state index in [1.807, 2.05) is 6.92 Å². The van der Waals surface area contributed by atoms with Crippen LogP contribution in [0.3, 0.4) is 0 Å². The smallest absolute Gasteiger partial charge is 0.240 e. The lowest BCUT2D eigenvalue weighted by Crippen LogP contribution is -2.52. The minimum atomic E-state index is -3.51. The van der Waals surface area contributed by atoms with Crippen molar-refractivity contribution in [3.05, 3.63) is 24.3 Å². The van der Waals surface area contributed by atoms with Gasteiger partial charge in [-0.1, -0.05) is 13.8 Å². The summed E-state index contributed by atoms with van der Waals surface area (Å²) in [6, 6.07) is 6.82. The quantitative estimate of drug-likeness (QED) is 0.707. The average molecular weight is 384 g/mol. The summed E-state index contributed by atoms with van der Waals surface area (Å²) in [5, 5.41) is 0. The number of hydrogen-bond acceptors (Lipinski definition) is 5. The number of nitrogens with one attached hydrogen (secondary N) is 1. The molecule has 0 aromatic heterocycles. The van der Waals surface area contributed by atoms with Gasteiger partial charge in [0, 0.05) is 38.8 Å². The van der Waals surface area contributed by atoms with E-state index in [1.165, 1.54) is 0 Å². The fraction of sp³-hybridized carbons (Fsp3) is 0.684. The Kier molecular flexibility index (Phi) is 7.88. The Bertz CT molecular complexity index is 638. The fourth-order valence-electron chi connectivity index (χ4n) is 3.26. The summed E-state index contributed by atoms with van der Waals surface area (Å²) in [6.45, 7) is 11.3. The molecule has 1 fully saturated rings. The highest BCUT2D eigenvalue weighted by molar-refractivity contribution is 7.89. The first-order chi connectivity index (χ1) is 12.3. The summed E-state index contributed by atoms with van der Waals surface area (Å²) in [6.07, 6.45) is 0.982. The second-order valence-corrected chi connectivity index (χ2v) is 9.15. The second kappa shape index (κ2) is 9.69. The third-order valence-corrected chi connectivity index (χ3v) is 6.19. The fourth-order valence-corrected chi connectivity index (χ4v) is 4.34. The van der Waals surface area contributed by atoms with Crippen molar-refractivity contribution in [2.45, 2.75) is 38.1 Å². The zero-order chi connectivity index (χ0) is 19.2. The molecule has 1 atom stereocenters. The van der Waals surface area contributed by atoms with Crippen LogP contribution in [-0.4, -0.2) is 70.6 Å². The molecular weight excluding hydrogens is 350 g/mol. The van der Waals surface area contributed by atoms with Crippen molar-refractivity contribution in [1.82, 2.24) is 14.5 Å². The molecule has 0 aliphatic carbocycles. The number of sulfonamides is 1. The van der Waals surface area contributed by atoms with Crippen molar-refractivity contribution in [3.8, 4) is 5.75 Å². The first kappa shape index (κ1) is 21.2. The van der Waals surface area contributed by atoms with Gasteiger partial charge in [0.15, 0.2) is 0 Å². The highest BCUT2D eigenvalue weighted by Gasteiger charge is 2.25. The van der Waals surface area contributed by atoms with E-state index in [9.17, 15) is 8.42 Å². The summed E-state index contributed by atoms with van der Waals surface area (Å²) in [7, 11) is -1.39. The molecule has 1 heterocycles. The van der Waals surface area contributed by atoms with Crippen molar-refractivity contribution in [2.24, 2.45) is 5.92 Å². The Labute approximate surface area is 158 Å². The lowest BCUT2D eigenvalue weighted by atomic mass is 10.0. The molecule has 0 saturated carbocycles. The summed E-state index contributed by atoms with van der Waals surface area (Å²) < 4.78 is 33.5. The molecular formula is C19H33N3O3S. The third kappa shape index (κ3) is 6.23. The molecule has 0 spiro atoms. The van der Waals surface area contributed by atoms with E-state index >= 15 is 0 Å². The predicted molar refractivity (Wildman–Crippen MR) is 105 cm³/mol. The summed E-state index contributed by atoms with van der Waals surface area (Å²) in [5.41, 5.74) is 0. The number of piperazine rings is 1. The van der Waals surface area contributed by atoms with Crippen LogP contribution in [0.25, 0.3) is 0 Å². The van der Waals surface area contributed by atoms with Gasteiger partial charge >= 0.3 is 0 Å². The Morgan fingerprint density at radius 2 is 1.73 bits per heavy atom. The van der Waals surface area contributed by atoms with Crippen LogP contribution in [0.5, 0.6) is 5.75 Å². The van der Waals surface area contributed by atoms with E-state index < -0.39 is 10.0 Å². The molecule has 1 N–H and O–H groups in total. The Hall–Kier alpha value is -1.15. The molecule has 1 unspecified atom stereocenters. The molecule has 1 saturated heterocycles. The highest BCUT2D eigenvalue weighted by Crippen LogP contribution is 2.17. The number of ether oxygens (including phenoxy) is 1. The van der Waals surface area contributed by atoms with Crippen molar-refractivity contribution < 1.29 is 13.2 Å². The van der Waals surface area contributed by atoms with E-state index in [0.717, 1.165) is 32.6 Å². The second-order valence-electron chi connectivity index (χ2n) is 7.38. The molecule has 0 amide bonds. The molecule has 148 valence electrons. The van der Waals surface area contributed by atoms with Crippen molar-refractivity contribution in [3.63, 3.8) is 0 Å². The maximum atomic E-state index is 12.6. The van der Waals surface area contributed by atoms with Crippen LogP contribution in [0.1, 0.15) is 27.2 Å². The minimum Gasteiger partial charge on any atom is -0.494 e. The van der Waals surface area contributed by atoms with Crippen LogP contribution in [0.4, 0.5) is 0 Å². The Morgan fingerprint density at radius 1 is 1.12 bits per heavy atom. The molecule has 1 aliphatic rings. The Balaban J connectivity index is 2.01. The molecule has 1 aliphatic heterocycles. The minimum absolute atomic E-state index is 0.223. The molecule has 26 heavy (non-hydrogen) atoms. The first-order valence-electron chi connectivity index (χ1n) is 9.47. The average Bonchev–Trinajstić information content (AvgIpc) is 2.60. The predicted octanol–water partition coefficient (Wildman–Crippen LogP) is 2.03. The third-order valence-electron chi connectivity index (χ3n) is 4.75. The van der Waals surface area contributed by atoms with Gasteiger partial charge < -0.3 is 9.64 Å². The van der Waals surface area contributed by atoms with Crippen LogP contribution in [0.2, 0.25) is 0 Å². The maximum Gasteiger partial charge on any atom is 0.240 e. The van der Waals surface area contributed by atoms with Crippen LogP contribution < -0.4 is 9.46 Å². The number of hydrogen-bond donors (Lipinski definition) is 1. The largest absolute Gasteiger partial charge is 0.494 e. The molecule has 7 heteroatoms. The summed E-state index contributed by atoms with van der Waals surface area (Å²) in [5.74, 6) is 1.20. The molecule has 0 bridgehead atoms. The van der Waals surface area contributed by atoms with Crippen LogP contribution >= 0.6 is 0 Å². The molecule has 1 aromatic carbocycles. The first-order valence-corrected chi connectivity index (χ1v) is 10.9. The molecule has 1 aromatic rings. The van der Waals surface area contributed by atoms with Crippen molar-refractivity contribution in [1.29, 1.82) is 0 Å². The lowest BCUT2D eigenvalue weighted by Gasteiger charge is -2.38. The van der Waals surface area contributed by atoms with Gasteiger partial charge in [0.1, 0.15) is 5.75 Å². The number of benzene rings is 1. The van der Waals surface area contributed by atoms with Crippen LogP contribution in [0.15, 0.2) is 29.2 Å². The van der Waals surface area contributed by atoms with E-state index in [1.54, 1.807) is 24.3 Å². The van der Waals surface area contributed by atoms with E-state index in [-0.39, 0.29) is 10.9 Å². The van der Waals surface area contributed by atoms with Crippen molar-refractivity contribution in [2.75, 3.05) is 46.4 Å². The maximum absolute atomic E-state index is 12.6. The normalized spacial score (nSPS) is 18.2. The number of likely N-dealkylation sites (N-methyl/N-ethyl adjacent to an activating group) is 1. The zero-order valence-corrected chi connectivity index (χ0v) is 17.3.